The van der Waals surface area contributed by atoms with E-state index in [0.29, 0.717) is 25.7 Å². The predicted molar refractivity (Wildman–Crippen MR) is 133 cm³/mol. The number of carboxylic acid groups (broad SMARTS) is 2. The molecule has 4 heteroatoms. The summed E-state index contributed by atoms with van der Waals surface area (Å²) in [5, 5.41) is 20.2. The third-order valence-electron chi connectivity index (χ3n) is 8.08. The van der Waals surface area contributed by atoms with E-state index in [0.717, 1.165) is 38.5 Å². The summed E-state index contributed by atoms with van der Waals surface area (Å²) in [6.45, 7) is 4.24. The van der Waals surface area contributed by atoms with Crippen LogP contribution in [0.1, 0.15) is 155 Å². The van der Waals surface area contributed by atoms with Gasteiger partial charge in [-0.3, -0.25) is 9.59 Å². The van der Waals surface area contributed by atoms with Crippen molar-refractivity contribution in [3.63, 3.8) is 0 Å². The van der Waals surface area contributed by atoms with Crippen LogP contribution in [0.2, 0.25) is 0 Å². The van der Waals surface area contributed by atoms with E-state index >= 15 is 0 Å². The van der Waals surface area contributed by atoms with Crippen molar-refractivity contribution in [1.82, 2.24) is 0 Å². The molecule has 2 unspecified atom stereocenters. The van der Waals surface area contributed by atoms with Crippen LogP contribution in [-0.4, -0.2) is 22.2 Å². The van der Waals surface area contributed by atoms with Crippen molar-refractivity contribution in [3.05, 3.63) is 0 Å². The van der Waals surface area contributed by atoms with Crippen LogP contribution in [0.25, 0.3) is 0 Å². The van der Waals surface area contributed by atoms with Crippen molar-refractivity contribution >= 4 is 11.9 Å². The molecule has 1 fully saturated rings. The van der Waals surface area contributed by atoms with Crippen LogP contribution >= 0.6 is 0 Å². The number of hydrogen-bond donors (Lipinski definition) is 2. The first-order chi connectivity index (χ1) is 15.5. The summed E-state index contributed by atoms with van der Waals surface area (Å²) in [4.78, 5) is 24.7. The van der Waals surface area contributed by atoms with Crippen LogP contribution in [0, 0.1) is 10.8 Å². The highest BCUT2D eigenvalue weighted by Gasteiger charge is 2.60. The number of unbranched alkanes of at least 4 members (excludes halogenated alkanes) is 14. The van der Waals surface area contributed by atoms with Gasteiger partial charge in [-0.05, 0) is 25.7 Å². The Kier molecular flexibility index (Phi) is 15.0. The van der Waals surface area contributed by atoms with Gasteiger partial charge in [0.2, 0.25) is 0 Å². The maximum Gasteiger partial charge on any atom is 0.310 e. The van der Waals surface area contributed by atoms with Crippen molar-refractivity contribution in [2.24, 2.45) is 10.8 Å². The number of rotatable bonds is 20. The second kappa shape index (κ2) is 16.5. The smallest absolute Gasteiger partial charge is 0.310 e. The molecule has 0 saturated heterocycles. The van der Waals surface area contributed by atoms with Crippen LogP contribution in [0.5, 0.6) is 0 Å². The molecule has 1 aliphatic carbocycles. The van der Waals surface area contributed by atoms with Crippen molar-refractivity contribution in [2.75, 3.05) is 0 Å². The molecule has 32 heavy (non-hydrogen) atoms. The summed E-state index contributed by atoms with van der Waals surface area (Å²) in [7, 11) is 0. The van der Waals surface area contributed by atoms with Crippen LogP contribution in [0.4, 0.5) is 0 Å². The zero-order valence-electron chi connectivity index (χ0n) is 21.3. The lowest BCUT2D eigenvalue weighted by molar-refractivity contribution is -0.182. The number of carbonyl (C=O) groups is 2. The van der Waals surface area contributed by atoms with E-state index in [4.69, 9.17) is 0 Å². The zero-order valence-corrected chi connectivity index (χ0v) is 21.3. The molecule has 0 aromatic carbocycles. The Labute approximate surface area is 197 Å². The van der Waals surface area contributed by atoms with E-state index in [-0.39, 0.29) is 0 Å². The van der Waals surface area contributed by atoms with E-state index in [1.54, 1.807) is 0 Å². The molecule has 0 heterocycles. The largest absolute Gasteiger partial charge is 0.481 e. The highest BCUT2D eigenvalue weighted by molar-refractivity contribution is 5.87. The molecule has 4 nitrogen and oxygen atoms in total. The summed E-state index contributed by atoms with van der Waals surface area (Å²) in [5.74, 6) is -1.76. The minimum atomic E-state index is -1.08. The molecule has 1 saturated carbocycles. The van der Waals surface area contributed by atoms with Crippen molar-refractivity contribution in [3.8, 4) is 0 Å². The molecule has 2 atom stereocenters. The van der Waals surface area contributed by atoms with E-state index < -0.39 is 22.8 Å². The Morgan fingerprint density at radius 2 is 0.875 bits per heavy atom. The molecule has 2 N–H and O–H groups in total. The van der Waals surface area contributed by atoms with Crippen molar-refractivity contribution in [2.45, 2.75) is 155 Å². The molecular weight excluding hydrogens is 400 g/mol. The van der Waals surface area contributed by atoms with Gasteiger partial charge in [0.05, 0.1) is 10.8 Å². The van der Waals surface area contributed by atoms with Crippen molar-refractivity contribution < 1.29 is 19.8 Å². The highest BCUT2D eigenvalue weighted by Crippen LogP contribution is 2.56. The lowest BCUT2D eigenvalue weighted by Gasteiger charge is -2.48. The Balaban J connectivity index is 2.24. The van der Waals surface area contributed by atoms with Crippen LogP contribution < -0.4 is 0 Å². The SMILES string of the molecule is CCCCCCCCCCCCCCCCCC1(C(=O)O)CCCCC1(CCC)C(=O)O. The first-order valence-corrected chi connectivity index (χ1v) is 13.9. The Bertz CT molecular complexity index is 514. The molecular formula is C28H52O4. The molecule has 0 radical (unpaired) electrons. The average molecular weight is 453 g/mol. The maximum atomic E-state index is 12.4. The number of aliphatic carboxylic acids is 2. The van der Waals surface area contributed by atoms with Crippen LogP contribution in [0.3, 0.4) is 0 Å². The predicted octanol–water partition coefficient (Wildman–Crippen LogP) is 8.76. The van der Waals surface area contributed by atoms with Gasteiger partial charge >= 0.3 is 11.9 Å². The van der Waals surface area contributed by atoms with E-state index in [9.17, 15) is 19.8 Å². The van der Waals surface area contributed by atoms with Gasteiger partial charge in [-0.2, -0.15) is 0 Å². The van der Waals surface area contributed by atoms with Gasteiger partial charge in [-0.25, -0.2) is 0 Å². The Hall–Kier alpha value is -1.06. The third kappa shape index (κ3) is 8.71. The molecule has 0 aromatic heterocycles. The monoisotopic (exact) mass is 452 g/mol. The Morgan fingerprint density at radius 1 is 0.531 bits per heavy atom. The molecule has 0 aliphatic heterocycles. The van der Waals surface area contributed by atoms with E-state index in [1.807, 2.05) is 6.92 Å². The van der Waals surface area contributed by atoms with Crippen LogP contribution in [-0.2, 0) is 9.59 Å². The molecule has 1 aliphatic rings. The zero-order chi connectivity index (χ0) is 23.7. The normalized spacial score (nSPS) is 23.3. The molecule has 188 valence electrons. The van der Waals surface area contributed by atoms with E-state index in [1.165, 1.54) is 77.0 Å². The van der Waals surface area contributed by atoms with Crippen molar-refractivity contribution in [1.29, 1.82) is 0 Å². The van der Waals surface area contributed by atoms with Gasteiger partial charge in [0.1, 0.15) is 0 Å². The second-order valence-corrected chi connectivity index (χ2v) is 10.4. The molecule has 0 aromatic rings. The fraction of sp³-hybridized carbons (Fsp3) is 0.929. The lowest BCUT2D eigenvalue weighted by Crippen LogP contribution is -2.54. The molecule has 0 bridgehead atoms. The van der Waals surface area contributed by atoms with Crippen LogP contribution in [0.15, 0.2) is 0 Å². The minimum Gasteiger partial charge on any atom is -0.481 e. The van der Waals surface area contributed by atoms with Gasteiger partial charge in [0.25, 0.3) is 0 Å². The van der Waals surface area contributed by atoms with Gasteiger partial charge in [-0.15, -0.1) is 0 Å². The highest BCUT2D eigenvalue weighted by atomic mass is 16.4. The molecule has 0 amide bonds. The summed E-state index contributed by atoms with van der Waals surface area (Å²) >= 11 is 0. The molecule has 1 rings (SSSR count). The molecule has 0 spiro atoms. The fourth-order valence-electron chi connectivity index (χ4n) is 6.12. The van der Waals surface area contributed by atoms with Gasteiger partial charge < -0.3 is 10.2 Å². The van der Waals surface area contributed by atoms with Gasteiger partial charge in [-0.1, -0.05) is 129 Å². The first-order valence-electron chi connectivity index (χ1n) is 13.9. The van der Waals surface area contributed by atoms with E-state index in [2.05, 4.69) is 6.92 Å². The summed E-state index contributed by atoms with van der Waals surface area (Å²) in [5.41, 5.74) is -2.16. The lowest BCUT2D eigenvalue weighted by atomic mass is 9.52. The second-order valence-electron chi connectivity index (χ2n) is 10.4. The Morgan fingerprint density at radius 3 is 1.22 bits per heavy atom. The summed E-state index contributed by atoms with van der Waals surface area (Å²) < 4.78 is 0. The summed E-state index contributed by atoms with van der Waals surface area (Å²) in [6.07, 6.45) is 23.6. The average Bonchev–Trinajstić information content (AvgIpc) is 2.77. The maximum absolute atomic E-state index is 12.4. The number of hydrogen-bond acceptors (Lipinski definition) is 2. The fourth-order valence-corrected chi connectivity index (χ4v) is 6.12. The quantitative estimate of drug-likeness (QED) is 0.181. The van der Waals surface area contributed by atoms with Gasteiger partial charge in [0.15, 0.2) is 0 Å². The topological polar surface area (TPSA) is 74.6 Å². The number of carboxylic acids is 2. The standard InChI is InChI=1S/C28H52O4/c1-3-5-6-7-8-9-10-11-12-13-14-15-16-17-18-22-28(26(31)32)24-20-19-23-27(28,21-4-2)25(29)30/h3-24H2,1-2H3,(H,29,30)(H,31,32). The minimum absolute atomic E-state index is 0.480. The van der Waals surface area contributed by atoms with Gasteiger partial charge in [0, 0.05) is 0 Å². The summed E-state index contributed by atoms with van der Waals surface area (Å²) in [6, 6.07) is 0. The first kappa shape index (κ1) is 29.0. The third-order valence-corrected chi connectivity index (χ3v) is 8.08.